The summed E-state index contributed by atoms with van der Waals surface area (Å²) in [7, 11) is 1.62. The molecule has 27 heavy (non-hydrogen) atoms. The first-order valence-corrected chi connectivity index (χ1v) is 10.2. The van der Waals surface area contributed by atoms with Crippen LogP contribution >= 0.6 is 0 Å². The van der Waals surface area contributed by atoms with E-state index in [2.05, 4.69) is 15.1 Å². The molecule has 0 spiro atoms. The number of carbonyl (C=O) groups excluding carboxylic acids is 1. The standard InChI is InChI=1S/C21H33N3O3/c1-17(21(25)22-19-5-3-4-6-20(19)26-2)24-11-8-18(9-12-24)7-10-23-13-15-27-16-14-23/h3-6,17-18H,7-16H2,1-2H3,(H,22,25). The van der Waals surface area contributed by atoms with Gasteiger partial charge in [0, 0.05) is 13.1 Å². The largest absolute Gasteiger partial charge is 0.495 e. The van der Waals surface area contributed by atoms with Crippen molar-refractivity contribution in [2.75, 3.05) is 58.4 Å². The second kappa shape index (κ2) is 10.1. The summed E-state index contributed by atoms with van der Waals surface area (Å²) in [5.74, 6) is 1.50. The number of nitrogens with zero attached hydrogens (tertiary/aromatic N) is 2. The Kier molecular flexibility index (Phi) is 7.50. The van der Waals surface area contributed by atoms with Crippen LogP contribution in [0.3, 0.4) is 0 Å². The van der Waals surface area contributed by atoms with Crippen LogP contribution < -0.4 is 10.1 Å². The van der Waals surface area contributed by atoms with Crippen LogP contribution in [0, 0.1) is 5.92 Å². The molecular weight excluding hydrogens is 342 g/mol. The number of hydrogen-bond donors (Lipinski definition) is 1. The van der Waals surface area contributed by atoms with E-state index in [1.165, 1.54) is 25.8 Å². The van der Waals surface area contributed by atoms with E-state index in [0.717, 1.165) is 51.0 Å². The molecule has 1 amide bonds. The zero-order valence-corrected chi connectivity index (χ0v) is 16.7. The van der Waals surface area contributed by atoms with Crippen LogP contribution in [0.1, 0.15) is 26.2 Å². The van der Waals surface area contributed by atoms with Crippen LogP contribution in [-0.2, 0) is 9.53 Å². The Labute approximate surface area is 162 Å². The lowest BCUT2D eigenvalue weighted by Crippen LogP contribution is -2.46. The van der Waals surface area contributed by atoms with E-state index in [0.29, 0.717) is 5.75 Å². The van der Waals surface area contributed by atoms with E-state index in [-0.39, 0.29) is 11.9 Å². The molecule has 0 bridgehead atoms. The van der Waals surface area contributed by atoms with Crippen LogP contribution in [0.2, 0.25) is 0 Å². The molecule has 2 fully saturated rings. The molecule has 2 heterocycles. The monoisotopic (exact) mass is 375 g/mol. The lowest BCUT2D eigenvalue weighted by Gasteiger charge is -2.36. The molecule has 1 unspecified atom stereocenters. The highest BCUT2D eigenvalue weighted by atomic mass is 16.5. The predicted octanol–water partition coefficient (Wildman–Crippen LogP) is 2.46. The average molecular weight is 376 g/mol. The Balaban J connectivity index is 1.42. The average Bonchev–Trinajstić information content (AvgIpc) is 2.73. The zero-order valence-electron chi connectivity index (χ0n) is 16.7. The van der Waals surface area contributed by atoms with Crippen LogP contribution in [-0.4, -0.2) is 74.8 Å². The number of para-hydroxylation sites is 2. The maximum absolute atomic E-state index is 12.7. The number of benzene rings is 1. The summed E-state index contributed by atoms with van der Waals surface area (Å²) in [5.41, 5.74) is 0.734. The van der Waals surface area contributed by atoms with E-state index in [1.54, 1.807) is 7.11 Å². The summed E-state index contributed by atoms with van der Waals surface area (Å²) in [5, 5.41) is 3.01. The highest BCUT2D eigenvalue weighted by molar-refractivity contribution is 5.95. The van der Waals surface area contributed by atoms with Crippen molar-refractivity contribution in [1.29, 1.82) is 0 Å². The maximum Gasteiger partial charge on any atom is 0.241 e. The summed E-state index contributed by atoms with van der Waals surface area (Å²) in [6, 6.07) is 7.42. The van der Waals surface area contributed by atoms with Crippen molar-refractivity contribution >= 4 is 11.6 Å². The van der Waals surface area contributed by atoms with E-state index in [1.807, 2.05) is 31.2 Å². The fourth-order valence-electron chi connectivity index (χ4n) is 3.97. The van der Waals surface area contributed by atoms with Crippen molar-refractivity contribution in [2.45, 2.75) is 32.2 Å². The van der Waals surface area contributed by atoms with Crippen LogP contribution in [0.5, 0.6) is 5.75 Å². The smallest absolute Gasteiger partial charge is 0.241 e. The normalized spacial score (nSPS) is 21.0. The SMILES string of the molecule is COc1ccccc1NC(=O)C(C)N1CCC(CCN2CCOCC2)CC1. The summed E-state index contributed by atoms with van der Waals surface area (Å²) >= 11 is 0. The third-order valence-corrected chi connectivity index (χ3v) is 5.90. The first-order chi connectivity index (χ1) is 13.2. The fraction of sp³-hybridized carbons (Fsp3) is 0.667. The third-order valence-electron chi connectivity index (χ3n) is 5.90. The number of piperidine rings is 1. The molecular formula is C21H33N3O3. The molecule has 2 aliphatic heterocycles. The minimum absolute atomic E-state index is 0.0336. The van der Waals surface area contributed by atoms with Crippen molar-refractivity contribution in [3.05, 3.63) is 24.3 Å². The van der Waals surface area contributed by atoms with Gasteiger partial charge in [-0.2, -0.15) is 0 Å². The molecule has 2 aliphatic rings. The zero-order chi connectivity index (χ0) is 19.1. The fourth-order valence-corrected chi connectivity index (χ4v) is 3.97. The highest BCUT2D eigenvalue weighted by Gasteiger charge is 2.27. The quantitative estimate of drug-likeness (QED) is 0.793. The van der Waals surface area contributed by atoms with Gasteiger partial charge in [0.1, 0.15) is 5.75 Å². The molecule has 1 aromatic rings. The minimum atomic E-state index is -0.130. The predicted molar refractivity (Wildman–Crippen MR) is 107 cm³/mol. The number of rotatable bonds is 7. The molecule has 0 aliphatic carbocycles. The Morgan fingerprint density at radius 1 is 1.22 bits per heavy atom. The van der Waals surface area contributed by atoms with Gasteiger partial charge in [0.15, 0.2) is 0 Å². The lowest BCUT2D eigenvalue weighted by molar-refractivity contribution is -0.121. The van der Waals surface area contributed by atoms with Crippen LogP contribution in [0.25, 0.3) is 0 Å². The molecule has 0 aromatic heterocycles. The van der Waals surface area contributed by atoms with E-state index in [9.17, 15) is 4.79 Å². The van der Waals surface area contributed by atoms with Crippen molar-refractivity contribution in [1.82, 2.24) is 9.80 Å². The maximum atomic E-state index is 12.7. The topological polar surface area (TPSA) is 54.0 Å². The molecule has 1 atom stereocenters. The summed E-state index contributed by atoms with van der Waals surface area (Å²) in [6.45, 7) is 9.05. The minimum Gasteiger partial charge on any atom is -0.495 e. The molecule has 2 saturated heterocycles. The number of methoxy groups -OCH3 is 1. The number of carbonyl (C=O) groups is 1. The van der Waals surface area contributed by atoms with Crippen LogP contribution in [0.15, 0.2) is 24.3 Å². The van der Waals surface area contributed by atoms with Gasteiger partial charge in [-0.3, -0.25) is 14.6 Å². The first-order valence-electron chi connectivity index (χ1n) is 10.2. The first kappa shape index (κ1) is 20.1. The van der Waals surface area contributed by atoms with Gasteiger partial charge in [-0.05, 0) is 63.9 Å². The highest BCUT2D eigenvalue weighted by Crippen LogP contribution is 2.25. The number of morpholine rings is 1. The number of anilines is 1. The Hall–Kier alpha value is -1.63. The summed E-state index contributed by atoms with van der Waals surface area (Å²) < 4.78 is 10.7. The number of nitrogens with one attached hydrogen (secondary N) is 1. The molecule has 150 valence electrons. The van der Waals surface area contributed by atoms with Gasteiger partial charge < -0.3 is 14.8 Å². The van der Waals surface area contributed by atoms with Gasteiger partial charge in [-0.1, -0.05) is 12.1 Å². The molecule has 0 radical (unpaired) electrons. The second-order valence-corrected chi connectivity index (χ2v) is 7.59. The molecule has 1 N–H and O–H groups in total. The van der Waals surface area contributed by atoms with Crippen molar-refractivity contribution in [2.24, 2.45) is 5.92 Å². The van der Waals surface area contributed by atoms with E-state index >= 15 is 0 Å². The molecule has 0 saturated carbocycles. The van der Waals surface area contributed by atoms with Gasteiger partial charge in [-0.15, -0.1) is 0 Å². The number of amides is 1. The lowest BCUT2D eigenvalue weighted by atomic mass is 9.92. The molecule has 3 rings (SSSR count). The number of likely N-dealkylation sites (tertiary alicyclic amines) is 1. The Bertz CT molecular complexity index is 596. The van der Waals surface area contributed by atoms with Crippen molar-refractivity contribution in [3.63, 3.8) is 0 Å². The summed E-state index contributed by atoms with van der Waals surface area (Å²) in [6.07, 6.45) is 3.61. The number of hydrogen-bond acceptors (Lipinski definition) is 5. The molecule has 6 nitrogen and oxygen atoms in total. The molecule has 6 heteroatoms. The van der Waals surface area contributed by atoms with Crippen molar-refractivity contribution < 1.29 is 14.3 Å². The van der Waals surface area contributed by atoms with Gasteiger partial charge in [0.05, 0.1) is 32.1 Å². The molecule has 1 aromatic carbocycles. The Morgan fingerprint density at radius 2 is 1.93 bits per heavy atom. The van der Waals surface area contributed by atoms with Gasteiger partial charge in [-0.25, -0.2) is 0 Å². The van der Waals surface area contributed by atoms with Gasteiger partial charge in [0.25, 0.3) is 0 Å². The second-order valence-electron chi connectivity index (χ2n) is 7.59. The third kappa shape index (κ3) is 5.67. The van der Waals surface area contributed by atoms with Crippen molar-refractivity contribution in [3.8, 4) is 5.75 Å². The van der Waals surface area contributed by atoms with Gasteiger partial charge >= 0.3 is 0 Å². The van der Waals surface area contributed by atoms with E-state index < -0.39 is 0 Å². The van der Waals surface area contributed by atoms with Gasteiger partial charge in [0.2, 0.25) is 5.91 Å². The number of ether oxygens (including phenoxy) is 2. The summed E-state index contributed by atoms with van der Waals surface area (Å²) in [4.78, 5) is 17.5. The van der Waals surface area contributed by atoms with Crippen LogP contribution in [0.4, 0.5) is 5.69 Å². The Morgan fingerprint density at radius 3 is 2.63 bits per heavy atom. The van der Waals surface area contributed by atoms with E-state index in [4.69, 9.17) is 9.47 Å².